The van der Waals surface area contributed by atoms with Gasteiger partial charge in [0.25, 0.3) is 0 Å². The molecule has 2 aromatic rings. The molecule has 0 atom stereocenters. The van der Waals surface area contributed by atoms with E-state index >= 15 is 0 Å². The summed E-state index contributed by atoms with van der Waals surface area (Å²) in [7, 11) is 0. The Kier molecular flexibility index (Phi) is 5.49. The fraction of sp³-hybridized carbons (Fsp3) is 0.455. The van der Waals surface area contributed by atoms with Gasteiger partial charge in [0.1, 0.15) is 11.6 Å². The van der Waals surface area contributed by atoms with Crippen molar-refractivity contribution in [2.24, 2.45) is 0 Å². The van der Waals surface area contributed by atoms with E-state index in [1.54, 1.807) is 24.3 Å². The van der Waals surface area contributed by atoms with Crippen molar-refractivity contribution in [3.8, 4) is 0 Å². The zero-order chi connectivity index (χ0) is 18.8. The zero-order valence-electron chi connectivity index (χ0n) is 16.1. The maximum Gasteiger partial charge on any atom is 0.146 e. The van der Waals surface area contributed by atoms with Gasteiger partial charge in [0.2, 0.25) is 0 Å². The van der Waals surface area contributed by atoms with Crippen molar-refractivity contribution in [3.63, 3.8) is 0 Å². The summed E-state index contributed by atoms with van der Waals surface area (Å²) in [5.41, 5.74) is 4.32. The summed E-state index contributed by atoms with van der Waals surface area (Å²) in [5.74, 6) is -0.213. The van der Waals surface area contributed by atoms with Crippen molar-refractivity contribution in [1.29, 1.82) is 0 Å². The van der Waals surface area contributed by atoms with Gasteiger partial charge in [-0.25, -0.2) is 8.78 Å². The number of halogens is 2. The number of anilines is 2. The van der Waals surface area contributed by atoms with Crippen LogP contribution in [0.4, 0.5) is 20.2 Å². The standard InChI is InChI=1S/2C11H14FN/c1-8(2)13-6-5-9-3-4-10(12)7-11(9)13;1-8(2)13-7-6-9-4-3-5-10(12)11(9)13/h3-4,7-8H,5-6H2,1-2H3;3-5,8H,6-7H2,1-2H3. The van der Waals surface area contributed by atoms with Gasteiger partial charge in [-0.1, -0.05) is 18.2 Å². The molecule has 0 unspecified atom stereocenters. The Morgan fingerprint density at radius 1 is 0.808 bits per heavy atom. The van der Waals surface area contributed by atoms with Crippen LogP contribution < -0.4 is 9.80 Å². The summed E-state index contributed by atoms with van der Waals surface area (Å²) in [6.45, 7) is 10.5. The van der Waals surface area contributed by atoms with Crippen LogP contribution in [0.3, 0.4) is 0 Å². The van der Waals surface area contributed by atoms with Crippen LogP contribution in [-0.4, -0.2) is 25.2 Å². The van der Waals surface area contributed by atoms with E-state index in [1.165, 1.54) is 5.56 Å². The minimum absolute atomic E-state index is 0.0799. The largest absolute Gasteiger partial charge is 0.368 e. The number of fused-ring (bicyclic) bond motifs is 2. The second-order valence-electron chi connectivity index (χ2n) is 7.59. The second kappa shape index (κ2) is 7.65. The van der Waals surface area contributed by atoms with Crippen LogP contribution in [0.5, 0.6) is 0 Å². The number of para-hydroxylation sites is 1. The number of hydrogen-bond acceptors (Lipinski definition) is 2. The molecule has 0 saturated heterocycles. The average Bonchev–Trinajstić information content (AvgIpc) is 3.19. The predicted molar refractivity (Wildman–Crippen MR) is 105 cm³/mol. The van der Waals surface area contributed by atoms with Crippen LogP contribution in [0.1, 0.15) is 38.8 Å². The molecule has 2 aliphatic heterocycles. The topological polar surface area (TPSA) is 6.48 Å². The van der Waals surface area contributed by atoms with Crippen molar-refractivity contribution >= 4 is 11.4 Å². The van der Waals surface area contributed by atoms with E-state index < -0.39 is 0 Å². The Balaban J connectivity index is 0.000000151. The molecule has 2 aromatic carbocycles. The van der Waals surface area contributed by atoms with Gasteiger partial charge in [0.05, 0.1) is 5.69 Å². The molecule has 0 bridgehead atoms. The lowest BCUT2D eigenvalue weighted by Gasteiger charge is -2.24. The third-order valence-electron chi connectivity index (χ3n) is 5.21. The molecule has 0 amide bonds. The molecule has 4 rings (SSSR count). The van der Waals surface area contributed by atoms with Crippen molar-refractivity contribution in [2.45, 2.75) is 52.6 Å². The highest BCUT2D eigenvalue weighted by Crippen LogP contribution is 2.32. The Morgan fingerprint density at radius 2 is 1.46 bits per heavy atom. The Morgan fingerprint density at radius 3 is 2.15 bits per heavy atom. The molecular weight excluding hydrogens is 330 g/mol. The lowest BCUT2D eigenvalue weighted by atomic mass is 10.1. The maximum absolute atomic E-state index is 13.5. The predicted octanol–water partition coefficient (Wildman–Crippen LogP) is 5.19. The van der Waals surface area contributed by atoms with Gasteiger partial charge in [-0.05, 0) is 69.9 Å². The van der Waals surface area contributed by atoms with Gasteiger partial charge in [0.15, 0.2) is 0 Å². The van der Waals surface area contributed by atoms with Gasteiger partial charge < -0.3 is 9.80 Å². The highest BCUT2D eigenvalue weighted by Gasteiger charge is 2.24. The number of hydrogen-bond donors (Lipinski definition) is 0. The molecule has 2 nitrogen and oxygen atoms in total. The molecule has 26 heavy (non-hydrogen) atoms. The van der Waals surface area contributed by atoms with Crippen LogP contribution in [0.15, 0.2) is 36.4 Å². The molecule has 0 aliphatic carbocycles. The van der Waals surface area contributed by atoms with Gasteiger partial charge in [0, 0.05) is 30.9 Å². The third-order valence-corrected chi connectivity index (χ3v) is 5.21. The fourth-order valence-electron chi connectivity index (χ4n) is 3.87. The minimum atomic E-state index is -0.133. The third kappa shape index (κ3) is 3.69. The maximum atomic E-state index is 13.5. The number of benzene rings is 2. The van der Waals surface area contributed by atoms with Crippen LogP contribution in [0, 0.1) is 11.6 Å². The van der Waals surface area contributed by atoms with E-state index in [0.717, 1.165) is 42.9 Å². The molecule has 0 radical (unpaired) electrons. The van der Waals surface area contributed by atoms with Crippen LogP contribution >= 0.6 is 0 Å². The summed E-state index contributed by atoms with van der Waals surface area (Å²) < 4.78 is 26.4. The first-order chi connectivity index (χ1) is 12.4. The van der Waals surface area contributed by atoms with E-state index in [0.29, 0.717) is 12.1 Å². The van der Waals surface area contributed by atoms with Crippen molar-refractivity contribution in [2.75, 3.05) is 22.9 Å². The van der Waals surface area contributed by atoms with Crippen LogP contribution in [-0.2, 0) is 12.8 Å². The van der Waals surface area contributed by atoms with Crippen LogP contribution in [0.25, 0.3) is 0 Å². The first-order valence-electron chi connectivity index (χ1n) is 9.47. The molecule has 0 aromatic heterocycles. The first-order valence-corrected chi connectivity index (χ1v) is 9.47. The number of rotatable bonds is 2. The molecule has 2 heterocycles. The monoisotopic (exact) mass is 358 g/mol. The highest BCUT2D eigenvalue weighted by molar-refractivity contribution is 5.60. The normalized spacial score (nSPS) is 15.2. The summed E-state index contributed by atoms with van der Waals surface area (Å²) in [5, 5.41) is 0. The molecule has 0 saturated carbocycles. The molecule has 2 aliphatic rings. The van der Waals surface area contributed by atoms with E-state index in [2.05, 4.69) is 37.5 Å². The van der Waals surface area contributed by atoms with E-state index in [9.17, 15) is 8.78 Å². The zero-order valence-corrected chi connectivity index (χ0v) is 16.1. The molecule has 0 spiro atoms. The Labute approximate surface area is 155 Å². The molecule has 140 valence electrons. The highest BCUT2D eigenvalue weighted by atomic mass is 19.1. The summed E-state index contributed by atoms with van der Waals surface area (Å²) in [6.07, 6.45) is 2.03. The lowest BCUT2D eigenvalue weighted by Crippen LogP contribution is -2.29. The van der Waals surface area contributed by atoms with E-state index in [4.69, 9.17) is 0 Å². The van der Waals surface area contributed by atoms with Gasteiger partial charge in [-0.2, -0.15) is 0 Å². The lowest BCUT2D eigenvalue weighted by molar-refractivity contribution is 0.612. The van der Waals surface area contributed by atoms with Crippen LogP contribution in [0.2, 0.25) is 0 Å². The Bertz CT molecular complexity index is 771. The van der Waals surface area contributed by atoms with Crippen molar-refractivity contribution in [3.05, 3.63) is 59.2 Å². The average molecular weight is 358 g/mol. The van der Waals surface area contributed by atoms with Crippen molar-refractivity contribution < 1.29 is 8.78 Å². The SMILES string of the molecule is CC(C)N1CCc2ccc(F)cc21.CC(C)N1CCc2cccc(F)c21. The summed E-state index contributed by atoms with van der Waals surface area (Å²) >= 11 is 0. The summed E-state index contributed by atoms with van der Waals surface area (Å²) in [6, 6.07) is 11.3. The first kappa shape index (κ1) is 18.7. The molecular formula is C22H28F2N2. The van der Waals surface area contributed by atoms with Gasteiger partial charge in [-0.3, -0.25) is 0 Å². The van der Waals surface area contributed by atoms with Crippen molar-refractivity contribution in [1.82, 2.24) is 0 Å². The number of nitrogens with zero attached hydrogens (tertiary/aromatic N) is 2. The second-order valence-corrected chi connectivity index (χ2v) is 7.59. The molecule has 4 heteroatoms. The quantitative estimate of drug-likeness (QED) is 0.729. The smallest absolute Gasteiger partial charge is 0.146 e. The fourth-order valence-corrected chi connectivity index (χ4v) is 3.87. The Hall–Kier alpha value is -2.10. The van der Waals surface area contributed by atoms with E-state index in [-0.39, 0.29) is 11.6 Å². The minimum Gasteiger partial charge on any atom is -0.368 e. The molecule has 0 N–H and O–H groups in total. The van der Waals surface area contributed by atoms with E-state index in [1.807, 2.05) is 12.1 Å². The summed E-state index contributed by atoms with van der Waals surface area (Å²) in [4.78, 5) is 4.38. The van der Waals surface area contributed by atoms with Gasteiger partial charge in [-0.15, -0.1) is 0 Å². The van der Waals surface area contributed by atoms with Gasteiger partial charge >= 0.3 is 0 Å². The molecule has 0 fully saturated rings.